The van der Waals surface area contributed by atoms with E-state index in [0.29, 0.717) is 30.2 Å². The van der Waals surface area contributed by atoms with Gasteiger partial charge in [-0.2, -0.15) is 0 Å². The number of ether oxygens (including phenoxy) is 1. The predicted molar refractivity (Wildman–Crippen MR) is 137 cm³/mol. The Bertz CT molecular complexity index is 1150. The van der Waals surface area contributed by atoms with Crippen LogP contribution in [0.3, 0.4) is 0 Å². The molecule has 0 radical (unpaired) electrons. The number of anilines is 1. The minimum Gasteiger partial charge on any atom is -0.493 e. The number of amides is 1. The molecule has 2 aromatic carbocycles. The van der Waals surface area contributed by atoms with Crippen LogP contribution in [0.5, 0.6) is 5.75 Å². The van der Waals surface area contributed by atoms with Crippen LogP contribution in [0.1, 0.15) is 29.4 Å². The molecule has 182 valence electrons. The molecule has 2 heterocycles. The average molecular weight is 485 g/mol. The molecule has 1 fully saturated rings. The number of benzene rings is 2. The van der Waals surface area contributed by atoms with E-state index in [4.69, 9.17) is 22.1 Å². The summed E-state index contributed by atoms with van der Waals surface area (Å²) in [6, 6.07) is 13.8. The van der Waals surface area contributed by atoms with E-state index in [9.17, 15) is 9.90 Å². The van der Waals surface area contributed by atoms with Crippen molar-refractivity contribution < 1.29 is 14.6 Å². The first-order valence-corrected chi connectivity index (χ1v) is 12.2. The van der Waals surface area contributed by atoms with Gasteiger partial charge >= 0.3 is 0 Å². The highest BCUT2D eigenvalue weighted by Gasteiger charge is 2.23. The average Bonchev–Trinajstić information content (AvgIpc) is 3.21. The number of fused-ring (bicyclic) bond motifs is 1. The largest absolute Gasteiger partial charge is 0.493 e. The monoisotopic (exact) mass is 484 g/mol. The number of carbonyl (C=O) groups is 1. The molecule has 0 bridgehead atoms. The van der Waals surface area contributed by atoms with Gasteiger partial charge in [0.15, 0.2) is 5.75 Å². The Labute approximate surface area is 205 Å². The molecule has 1 aromatic heterocycles. The van der Waals surface area contributed by atoms with Crippen molar-refractivity contribution in [2.75, 3.05) is 44.7 Å². The number of carbonyl (C=O) groups excluding carboxylic acids is 1. The molecule has 7 nitrogen and oxygen atoms in total. The number of β-amino-alcohol motifs (C(OH)–C–C–N with tert-alkyl or cyclic N) is 1. The molecule has 1 atom stereocenters. The fourth-order valence-electron chi connectivity index (χ4n) is 4.77. The zero-order valence-corrected chi connectivity index (χ0v) is 20.6. The van der Waals surface area contributed by atoms with Crippen molar-refractivity contribution in [3.8, 4) is 5.75 Å². The number of primary amides is 1. The normalized spacial score (nSPS) is 15.6. The van der Waals surface area contributed by atoms with Crippen LogP contribution in [-0.4, -0.2) is 66.4 Å². The number of hydrogen-bond acceptors (Lipinski definition) is 5. The molecule has 1 aliphatic heterocycles. The lowest BCUT2D eigenvalue weighted by Crippen LogP contribution is -2.48. The van der Waals surface area contributed by atoms with Crippen LogP contribution in [0.15, 0.2) is 42.5 Å². The van der Waals surface area contributed by atoms with E-state index in [0.717, 1.165) is 54.9 Å². The fraction of sp³-hybridized carbons (Fsp3) is 0.423. The number of halogens is 1. The Morgan fingerprint density at radius 2 is 1.91 bits per heavy atom. The summed E-state index contributed by atoms with van der Waals surface area (Å²) in [5.74, 6) is 0.265. The van der Waals surface area contributed by atoms with Crippen LogP contribution >= 0.6 is 11.6 Å². The molecule has 34 heavy (non-hydrogen) atoms. The zero-order valence-electron chi connectivity index (χ0n) is 19.8. The molecular formula is C26H33ClN4O3. The molecule has 3 N–H and O–H groups in total. The lowest BCUT2D eigenvalue weighted by molar-refractivity contribution is 0.0952. The van der Waals surface area contributed by atoms with Crippen LogP contribution in [0, 0.1) is 0 Å². The summed E-state index contributed by atoms with van der Waals surface area (Å²) in [7, 11) is 1.65. The first kappa shape index (κ1) is 24.4. The van der Waals surface area contributed by atoms with Gasteiger partial charge in [0.25, 0.3) is 5.91 Å². The van der Waals surface area contributed by atoms with Crippen LogP contribution in [0.2, 0.25) is 5.02 Å². The van der Waals surface area contributed by atoms with E-state index >= 15 is 0 Å². The molecule has 0 unspecified atom stereocenters. The van der Waals surface area contributed by atoms with Gasteiger partial charge in [-0.15, -0.1) is 0 Å². The second-order valence-corrected chi connectivity index (χ2v) is 9.23. The number of methoxy groups -OCH3 is 1. The number of aliphatic hydroxyl groups is 1. The van der Waals surface area contributed by atoms with Crippen LogP contribution in [-0.2, 0) is 13.0 Å². The molecule has 1 amide bonds. The molecule has 0 saturated carbocycles. The Kier molecular flexibility index (Phi) is 7.66. The number of rotatable bonds is 9. The quantitative estimate of drug-likeness (QED) is 0.485. The molecule has 1 aliphatic rings. The van der Waals surface area contributed by atoms with Crippen LogP contribution in [0.4, 0.5) is 5.69 Å². The topological polar surface area (TPSA) is 84.0 Å². The number of piperazine rings is 1. The van der Waals surface area contributed by atoms with E-state index in [-0.39, 0.29) is 0 Å². The Morgan fingerprint density at radius 3 is 2.59 bits per heavy atom. The third-order valence-electron chi connectivity index (χ3n) is 6.63. The number of para-hydroxylation sites is 1. The Balaban J connectivity index is 1.35. The summed E-state index contributed by atoms with van der Waals surface area (Å²) in [5, 5.41) is 12.4. The first-order chi connectivity index (χ1) is 16.4. The number of nitrogens with zero attached hydrogens (tertiary/aromatic N) is 3. The van der Waals surface area contributed by atoms with Crippen molar-refractivity contribution in [1.82, 2.24) is 9.47 Å². The highest BCUT2D eigenvalue weighted by atomic mass is 35.5. The maximum absolute atomic E-state index is 11.9. The molecule has 0 aliphatic carbocycles. The minimum atomic E-state index is -0.499. The summed E-state index contributed by atoms with van der Waals surface area (Å²) in [6.45, 7) is 6.59. The smallest absolute Gasteiger partial charge is 0.265 e. The number of aliphatic hydroxyl groups excluding tert-OH is 1. The fourth-order valence-corrected chi connectivity index (χ4v) is 5.08. The van der Waals surface area contributed by atoms with Crippen LogP contribution < -0.4 is 15.4 Å². The first-order valence-electron chi connectivity index (χ1n) is 11.8. The highest BCUT2D eigenvalue weighted by Crippen LogP contribution is 2.37. The van der Waals surface area contributed by atoms with E-state index in [1.807, 2.05) is 41.0 Å². The van der Waals surface area contributed by atoms with Gasteiger partial charge in [0.2, 0.25) is 0 Å². The predicted octanol–water partition coefficient (Wildman–Crippen LogP) is 3.54. The third-order valence-corrected chi connectivity index (χ3v) is 6.91. The zero-order chi connectivity index (χ0) is 24.2. The highest BCUT2D eigenvalue weighted by molar-refractivity contribution is 6.32. The molecule has 4 rings (SSSR count). The van der Waals surface area contributed by atoms with Crippen molar-refractivity contribution in [3.63, 3.8) is 0 Å². The minimum absolute atomic E-state index is 0.454. The van der Waals surface area contributed by atoms with Gasteiger partial charge in [0, 0.05) is 50.2 Å². The number of nitrogens with two attached hydrogens (primary N) is 1. The second kappa shape index (κ2) is 10.7. The molecule has 1 saturated heterocycles. The number of aromatic nitrogens is 1. The maximum atomic E-state index is 11.9. The van der Waals surface area contributed by atoms with Crippen molar-refractivity contribution in [3.05, 3.63) is 58.7 Å². The van der Waals surface area contributed by atoms with Gasteiger partial charge in [-0.3, -0.25) is 9.69 Å². The van der Waals surface area contributed by atoms with Crippen molar-refractivity contribution in [2.24, 2.45) is 5.73 Å². The summed E-state index contributed by atoms with van der Waals surface area (Å²) < 4.78 is 7.49. The summed E-state index contributed by atoms with van der Waals surface area (Å²) in [6.07, 6.45) is 0.957. The van der Waals surface area contributed by atoms with Crippen molar-refractivity contribution >= 4 is 34.1 Å². The lowest BCUT2D eigenvalue weighted by atomic mass is 10.1. The second-order valence-electron chi connectivity index (χ2n) is 8.82. The Morgan fingerprint density at radius 1 is 1.18 bits per heavy atom. The third kappa shape index (κ3) is 5.17. The van der Waals surface area contributed by atoms with E-state index in [1.54, 1.807) is 7.11 Å². The van der Waals surface area contributed by atoms with Crippen molar-refractivity contribution in [2.45, 2.75) is 32.4 Å². The molecule has 8 heteroatoms. The molecule has 3 aromatic rings. The Hall–Kier alpha value is -2.74. The van der Waals surface area contributed by atoms with Gasteiger partial charge in [-0.1, -0.05) is 36.7 Å². The summed E-state index contributed by atoms with van der Waals surface area (Å²) >= 11 is 6.45. The van der Waals surface area contributed by atoms with Gasteiger partial charge < -0.3 is 25.0 Å². The van der Waals surface area contributed by atoms with E-state index < -0.39 is 12.0 Å². The molecule has 0 spiro atoms. The van der Waals surface area contributed by atoms with Gasteiger partial charge in [-0.05, 0) is 42.7 Å². The standard InChI is InChI=1S/C26H33ClN4O3/c1-3-18-14-21(27)25(34-2)23(15-18)30-12-10-29(11-13-30)17-20(32)8-9-31-22-7-5-4-6-19(22)16-24(31)26(28)33/h4-7,14-16,20,32H,3,8-13,17H2,1-2H3,(H2,28,33)/t20-/m0/s1. The SMILES string of the molecule is CCc1cc(Cl)c(OC)c(N2CCN(C[C@@H](O)CCn3c(C(N)=O)cc4ccccc43)CC2)c1. The van der Waals surface area contributed by atoms with E-state index in [2.05, 4.69) is 22.8 Å². The van der Waals surface area contributed by atoms with Crippen molar-refractivity contribution in [1.29, 1.82) is 0 Å². The van der Waals surface area contributed by atoms with Crippen LogP contribution in [0.25, 0.3) is 10.9 Å². The lowest BCUT2D eigenvalue weighted by Gasteiger charge is -2.37. The van der Waals surface area contributed by atoms with Gasteiger partial charge in [-0.25, -0.2) is 0 Å². The van der Waals surface area contributed by atoms with Gasteiger partial charge in [0.1, 0.15) is 5.69 Å². The molecular weight excluding hydrogens is 452 g/mol. The maximum Gasteiger partial charge on any atom is 0.265 e. The summed E-state index contributed by atoms with van der Waals surface area (Å²) in [5.41, 5.74) is 9.24. The van der Waals surface area contributed by atoms with E-state index in [1.165, 1.54) is 5.56 Å². The van der Waals surface area contributed by atoms with Gasteiger partial charge in [0.05, 0.1) is 23.9 Å². The number of aryl methyl sites for hydroxylation is 2. The number of hydrogen-bond donors (Lipinski definition) is 2. The summed E-state index contributed by atoms with van der Waals surface area (Å²) in [4.78, 5) is 16.5.